The van der Waals surface area contributed by atoms with Crippen LogP contribution in [0.3, 0.4) is 0 Å². The summed E-state index contributed by atoms with van der Waals surface area (Å²) in [6.07, 6.45) is 3.44. The van der Waals surface area contributed by atoms with Gasteiger partial charge in [0, 0.05) is 31.7 Å². The topological polar surface area (TPSA) is 106 Å². The van der Waals surface area contributed by atoms with Crippen LogP contribution in [-0.4, -0.2) is 60.3 Å². The molecule has 8 nitrogen and oxygen atoms in total. The number of nitrogens with one attached hydrogen (secondary N) is 6. The van der Waals surface area contributed by atoms with Crippen molar-refractivity contribution >= 4 is 35.0 Å². The van der Waals surface area contributed by atoms with Crippen LogP contribution in [0.1, 0.15) is 46.0 Å². The summed E-state index contributed by atoms with van der Waals surface area (Å²) in [6.45, 7) is 4.90. The molecule has 1 aliphatic carbocycles. The van der Waals surface area contributed by atoms with Gasteiger partial charge in [-0.05, 0) is 39.5 Å². The second-order valence-electron chi connectivity index (χ2n) is 7.45. The van der Waals surface area contributed by atoms with Crippen molar-refractivity contribution in [1.29, 1.82) is 0 Å². The molecule has 6 N–H and O–H groups in total. The molecule has 2 rings (SSSR count). The van der Waals surface area contributed by atoms with E-state index < -0.39 is 0 Å². The number of rotatable bonds is 8. The zero-order chi connectivity index (χ0) is 19.8. The molecule has 0 aromatic rings. The third kappa shape index (κ3) is 8.50. The Bertz CT molecular complexity index is 498. The number of hydrogen-bond acceptors (Lipinski definition) is 6. The first kappa shape index (κ1) is 22.6. The van der Waals surface area contributed by atoms with Gasteiger partial charge in [-0.25, -0.2) is 4.79 Å². The number of carbonyl (C=O) groups excluding carboxylic acids is 2. The number of halogens is 2. The molecule has 2 aliphatic rings. The summed E-state index contributed by atoms with van der Waals surface area (Å²) < 4.78 is 0. The maximum absolute atomic E-state index is 12.3. The van der Waals surface area contributed by atoms with Gasteiger partial charge in [-0.1, -0.05) is 0 Å². The van der Waals surface area contributed by atoms with Gasteiger partial charge in [-0.2, -0.15) is 0 Å². The molecule has 6 atom stereocenters. The van der Waals surface area contributed by atoms with Crippen molar-refractivity contribution < 1.29 is 9.59 Å². The number of amides is 2. The fourth-order valence-electron chi connectivity index (χ4n) is 3.37. The largest absolute Gasteiger partial charge is 0.335 e. The van der Waals surface area contributed by atoms with Crippen LogP contribution in [0, 0.1) is 0 Å². The van der Waals surface area contributed by atoms with Gasteiger partial charge in [0.25, 0.3) is 0 Å². The van der Waals surface area contributed by atoms with Crippen molar-refractivity contribution in [3.8, 4) is 0 Å². The predicted molar refractivity (Wildman–Crippen MR) is 108 cm³/mol. The van der Waals surface area contributed by atoms with Gasteiger partial charge in [0.15, 0.2) is 0 Å². The third-order valence-corrected chi connectivity index (χ3v) is 5.97. The molecule has 0 aromatic carbocycles. The van der Waals surface area contributed by atoms with Crippen molar-refractivity contribution in [3.63, 3.8) is 0 Å². The minimum Gasteiger partial charge on any atom is -0.335 e. The maximum atomic E-state index is 12.3. The molecule has 1 saturated carbocycles. The molecule has 1 aliphatic heterocycles. The van der Waals surface area contributed by atoms with E-state index in [1.54, 1.807) is 6.92 Å². The summed E-state index contributed by atoms with van der Waals surface area (Å²) in [5.74, 6) is 0.173. The monoisotopic (exact) mass is 422 g/mol. The van der Waals surface area contributed by atoms with E-state index in [0.717, 1.165) is 19.3 Å². The van der Waals surface area contributed by atoms with E-state index in [-0.39, 0.29) is 47.1 Å². The highest BCUT2D eigenvalue weighted by Crippen LogP contribution is 2.27. The van der Waals surface area contributed by atoms with Crippen LogP contribution in [0.25, 0.3) is 0 Å². The molecule has 27 heavy (non-hydrogen) atoms. The van der Waals surface area contributed by atoms with Crippen LogP contribution >= 0.6 is 23.2 Å². The van der Waals surface area contributed by atoms with E-state index in [4.69, 9.17) is 23.2 Å². The van der Waals surface area contributed by atoms with Crippen molar-refractivity contribution in [1.82, 2.24) is 31.9 Å². The van der Waals surface area contributed by atoms with E-state index in [0.29, 0.717) is 26.1 Å². The molecule has 2 amide bonds. The molecule has 1 saturated heterocycles. The predicted octanol–water partition coefficient (Wildman–Crippen LogP) is 0.750. The minimum atomic E-state index is -0.334. The van der Waals surface area contributed by atoms with Gasteiger partial charge in [0.05, 0.1) is 16.9 Å². The number of alkyl halides is 2. The van der Waals surface area contributed by atoms with Gasteiger partial charge in [-0.15, -0.1) is 23.2 Å². The Morgan fingerprint density at radius 2 is 1.85 bits per heavy atom. The molecule has 0 aromatic heterocycles. The normalized spacial score (nSPS) is 34.1. The number of Topliss-reactive ketones (excluding diaryl/α,β-unsaturated/α-hetero) is 1. The molecule has 0 radical (unpaired) electrons. The molecule has 2 fully saturated rings. The Labute approximate surface area is 171 Å². The zero-order valence-electron chi connectivity index (χ0n) is 16.0. The molecular formula is C17H32Cl2N6O2. The van der Waals surface area contributed by atoms with E-state index in [2.05, 4.69) is 38.8 Å². The molecule has 10 heteroatoms. The molecular weight excluding hydrogens is 391 g/mol. The molecule has 0 spiro atoms. The number of urea groups is 1. The lowest BCUT2D eigenvalue weighted by Crippen LogP contribution is -2.69. The average molecular weight is 423 g/mol. The Morgan fingerprint density at radius 3 is 2.56 bits per heavy atom. The van der Waals surface area contributed by atoms with Gasteiger partial charge < -0.3 is 16.0 Å². The molecule has 6 unspecified atom stereocenters. The first-order valence-corrected chi connectivity index (χ1v) is 10.5. The zero-order valence-corrected chi connectivity index (χ0v) is 17.5. The average Bonchev–Trinajstić information content (AvgIpc) is 2.57. The summed E-state index contributed by atoms with van der Waals surface area (Å²) >= 11 is 12.3. The Balaban J connectivity index is 1.68. The number of ketones is 1. The van der Waals surface area contributed by atoms with Crippen molar-refractivity contribution in [3.05, 3.63) is 0 Å². The van der Waals surface area contributed by atoms with Crippen LogP contribution in [0.5, 0.6) is 0 Å². The summed E-state index contributed by atoms with van der Waals surface area (Å²) in [5.41, 5.74) is 0. The van der Waals surface area contributed by atoms with Crippen molar-refractivity contribution in [2.75, 3.05) is 13.2 Å². The van der Waals surface area contributed by atoms with Gasteiger partial charge in [0.2, 0.25) is 0 Å². The first-order chi connectivity index (χ1) is 12.8. The van der Waals surface area contributed by atoms with Gasteiger partial charge in [-0.3, -0.25) is 20.7 Å². The van der Waals surface area contributed by atoms with Crippen LogP contribution in [0.2, 0.25) is 0 Å². The Kier molecular flexibility index (Phi) is 9.55. The first-order valence-electron chi connectivity index (χ1n) is 9.64. The van der Waals surface area contributed by atoms with Crippen LogP contribution in [0.15, 0.2) is 0 Å². The highest BCUT2D eigenvalue weighted by atomic mass is 35.5. The van der Waals surface area contributed by atoms with E-state index in [1.165, 1.54) is 0 Å². The quantitative estimate of drug-likeness (QED) is 0.196. The maximum Gasteiger partial charge on any atom is 0.317 e. The smallest absolute Gasteiger partial charge is 0.317 e. The molecule has 0 bridgehead atoms. The minimum absolute atomic E-state index is 0.0220. The van der Waals surface area contributed by atoms with Crippen LogP contribution in [0.4, 0.5) is 4.79 Å². The highest BCUT2D eigenvalue weighted by molar-refractivity contribution is 6.30. The lowest BCUT2D eigenvalue weighted by Gasteiger charge is -2.37. The highest BCUT2D eigenvalue weighted by Gasteiger charge is 2.30. The number of carbonyl (C=O) groups is 2. The number of hydrogen-bond donors (Lipinski definition) is 6. The fourth-order valence-corrected chi connectivity index (χ4v) is 3.93. The Morgan fingerprint density at radius 1 is 1.07 bits per heavy atom. The lowest BCUT2D eigenvalue weighted by atomic mass is 9.95. The third-order valence-electron chi connectivity index (χ3n) is 4.84. The SMILES string of the molecule is CC(=O)CCNCNC1CC(C)NC(NC(=O)NC2CCC(Cl)C(Cl)C2)N1. The fraction of sp³-hybridized carbons (Fsp3) is 0.882. The van der Waals surface area contributed by atoms with Crippen LogP contribution < -0.4 is 31.9 Å². The van der Waals surface area contributed by atoms with Gasteiger partial charge >= 0.3 is 6.03 Å². The van der Waals surface area contributed by atoms with Crippen LogP contribution in [-0.2, 0) is 4.79 Å². The van der Waals surface area contributed by atoms with Crippen molar-refractivity contribution in [2.24, 2.45) is 0 Å². The second-order valence-corrected chi connectivity index (χ2v) is 8.57. The standard InChI is InChI=1S/C17H32Cl2N6O2/c1-10-7-15(21-9-20-6-5-11(2)26)24-16(22-10)25-17(27)23-12-3-4-13(18)14(19)8-12/h10,12-16,20-22,24H,3-9H2,1-2H3,(H2,23,25,27). The summed E-state index contributed by atoms with van der Waals surface area (Å²) in [4.78, 5) is 23.2. The summed E-state index contributed by atoms with van der Waals surface area (Å²) in [6, 6.07) is 0.0578. The summed E-state index contributed by atoms with van der Waals surface area (Å²) in [5, 5.41) is 18.9. The Hall–Kier alpha value is -0.640. The van der Waals surface area contributed by atoms with E-state index in [1.807, 2.05) is 0 Å². The lowest BCUT2D eigenvalue weighted by molar-refractivity contribution is -0.116. The summed E-state index contributed by atoms with van der Waals surface area (Å²) in [7, 11) is 0. The van der Waals surface area contributed by atoms with E-state index in [9.17, 15) is 9.59 Å². The second kappa shape index (κ2) is 11.4. The van der Waals surface area contributed by atoms with E-state index >= 15 is 0 Å². The van der Waals surface area contributed by atoms with Gasteiger partial charge in [0.1, 0.15) is 12.1 Å². The molecule has 156 valence electrons. The van der Waals surface area contributed by atoms with Crippen molar-refractivity contribution in [2.45, 2.75) is 81.2 Å². The molecule has 1 heterocycles.